The van der Waals surface area contributed by atoms with Crippen LogP contribution in [0.5, 0.6) is 0 Å². The largest absolute Gasteiger partial charge is 0.322 e. The average Bonchev–Trinajstić information content (AvgIpc) is 3.33. The smallest absolute Gasteiger partial charge is 0.314 e. The second-order valence-corrected chi connectivity index (χ2v) is 8.48. The van der Waals surface area contributed by atoms with Crippen molar-refractivity contribution in [2.75, 3.05) is 11.9 Å². The standard InChI is InChI=1S/C20H20Cl3N7O/c1-11-24-17(22)16(18(23)25-11)26-20(31)29-9-3-4-15(29)19-28-27-12(2)30(19)10-13-5-7-14(21)8-6-13/h5-8,15H,3-4,9-10H2,1-2H3,(H,26,31)/t15-/m1/s1. The first-order chi connectivity index (χ1) is 14.8. The van der Waals surface area contributed by atoms with Gasteiger partial charge >= 0.3 is 6.03 Å². The van der Waals surface area contributed by atoms with Crippen LogP contribution in [0.25, 0.3) is 0 Å². The molecule has 4 rings (SSSR count). The molecule has 0 unspecified atom stereocenters. The van der Waals surface area contributed by atoms with Gasteiger partial charge in [0.2, 0.25) is 0 Å². The minimum absolute atomic E-state index is 0.100. The third kappa shape index (κ3) is 4.61. The summed E-state index contributed by atoms with van der Waals surface area (Å²) in [6.07, 6.45) is 1.62. The zero-order valence-electron chi connectivity index (χ0n) is 16.9. The van der Waals surface area contributed by atoms with Gasteiger partial charge in [-0.25, -0.2) is 14.8 Å². The lowest BCUT2D eigenvalue weighted by Gasteiger charge is -2.25. The van der Waals surface area contributed by atoms with E-state index in [-0.39, 0.29) is 28.1 Å². The van der Waals surface area contributed by atoms with Crippen molar-refractivity contribution in [3.8, 4) is 0 Å². The lowest BCUT2D eigenvalue weighted by atomic mass is 10.2. The monoisotopic (exact) mass is 479 g/mol. The van der Waals surface area contributed by atoms with Gasteiger partial charge in [-0.05, 0) is 44.4 Å². The number of likely N-dealkylation sites (tertiary alicyclic amines) is 1. The first-order valence-corrected chi connectivity index (χ1v) is 10.9. The molecular weight excluding hydrogens is 461 g/mol. The first kappa shape index (κ1) is 21.8. The number of benzene rings is 1. The normalized spacial score (nSPS) is 16.0. The van der Waals surface area contributed by atoms with E-state index in [2.05, 4.69) is 25.5 Å². The summed E-state index contributed by atoms with van der Waals surface area (Å²) < 4.78 is 2.02. The molecule has 1 aliphatic rings. The molecule has 1 saturated heterocycles. The van der Waals surface area contributed by atoms with E-state index in [1.807, 2.05) is 35.8 Å². The Hall–Kier alpha value is -2.42. The number of urea groups is 1. The van der Waals surface area contributed by atoms with Crippen LogP contribution in [0, 0.1) is 13.8 Å². The second kappa shape index (κ2) is 8.98. The number of halogens is 3. The third-order valence-corrected chi connectivity index (χ3v) is 5.99. The highest BCUT2D eigenvalue weighted by Crippen LogP contribution is 2.34. The molecule has 3 aromatic rings. The molecule has 1 N–H and O–H groups in total. The van der Waals surface area contributed by atoms with E-state index in [4.69, 9.17) is 34.8 Å². The van der Waals surface area contributed by atoms with Crippen LogP contribution in [-0.4, -0.2) is 42.2 Å². The number of hydrogen-bond acceptors (Lipinski definition) is 5. The summed E-state index contributed by atoms with van der Waals surface area (Å²) in [6.45, 7) is 4.73. The van der Waals surface area contributed by atoms with E-state index in [9.17, 15) is 4.79 Å². The van der Waals surface area contributed by atoms with E-state index >= 15 is 0 Å². The molecule has 1 fully saturated rings. The number of carbonyl (C=O) groups excluding carboxylic acids is 1. The van der Waals surface area contributed by atoms with Gasteiger partial charge in [-0.15, -0.1) is 10.2 Å². The summed E-state index contributed by atoms with van der Waals surface area (Å²) >= 11 is 18.3. The molecule has 0 spiro atoms. The number of rotatable bonds is 4. The fourth-order valence-corrected chi connectivity index (χ4v) is 4.37. The van der Waals surface area contributed by atoms with Crippen molar-refractivity contribution >= 4 is 46.5 Å². The second-order valence-electron chi connectivity index (χ2n) is 7.33. The molecule has 0 bridgehead atoms. The molecule has 31 heavy (non-hydrogen) atoms. The van der Waals surface area contributed by atoms with Gasteiger partial charge in [0.25, 0.3) is 0 Å². The van der Waals surface area contributed by atoms with Crippen molar-refractivity contribution in [3.63, 3.8) is 0 Å². The molecule has 2 aromatic heterocycles. The van der Waals surface area contributed by atoms with Crippen molar-refractivity contribution < 1.29 is 4.79 Å². The van der Waals surface area contributed by atoms with Gasteiger partial charge in [-0.2, -0.15) is 0 Å². The SMILES string of the molecule is Cc1nc(Cl)c(NC(=O)N2CCC[C@@H]2c2nnc(C)n2Cc2ccc(Cl)cc2)c(Cl)n1. The number of anilines is 1. The van der Waals surface area contributed by atoms with Gasteiger partial charge < -0.3 is 14.8 Å². The van der Waals surface area contributed by atoms with Crippen LogP contribution in [0.3, 0.4) is 0 Å². The molecule has 8 nitrogen and oxygen atoms in total. The van der Waals surface area contributed by atoms with Crippen molar-refractivity contribution in [2.45, 2.75) is 39.3 Å². The fraction of sp³-hybridized carbons (Fsp3) is 0.350. The van der Waals surface area contributed by atoms with Gasteiger partial charge in [0.1, 0.15) is 17.3 Å². The first-order valence-electron chi connectivity index (χ1n) is 9.75. The van der Waals surface area contributed by atoms with Gasteiger partial charge in [-0.1, -0.05) is 46.9 Å². The minimum atomic E-state index is -0.336. The van der Waals surface area contributed by atoms with Gasteiger partial charge in [-0.3, -0.25) is 0 Å². The molecule has 0 aliphatic carbocycles. The number of nitrogens with zero attached hydrogens (tertiary/aromatic N) is 6. The van der Waals surface area contributed by atoms with Crippen LogP contribution in [0.4, 0.5) is 10.5 Å². The molecule has 1 atom stereocenters. The Morgan fingerprint density at radius 2 is 1.77 bits per heavy atom. The number of carbonyl (C=O) groups is 1. The Bertz CT molecular complexity index is 1090. The van der Waals surface area contributed by atoms with Gasteiger partial charge in [0, 0.05) is 11.6 Å². The number of nitrogens with one attached hydrogen (secondary N) is 1. The summed E-state index contributed by atoms with van der Waals surface area (Å²) in [4.78, 5) is 22.9. The topological polar surface area (TPSA) is 88.8 Å². The third-order valence-electron chi connectivity index (χ3n) is 5.19. The van der Waals surface area contributed by atoms with E-state index < -0.39 is 0 Å². The number of amides is 2. The number of hydrogen-bond donors (Lipinski definition) is 1. The van der Waals surface area contributed by atoms with E-state index in [1.165, 1.54) is 0 Å². The van der Waals surface area contributed by atoms with E-state index in [0.29, 0.717) is 23.9 Å². The lowest BCUT2D eigenvalue weighted by molar-refractivity contribution is 0.204. The Morgan fingerprint density at radius 3 is 2.45 bits per heavy atom. The fourth-order valence-electron chi connectivity index (χ4n) is 3.68. The summed E-state index contributed by atoms with van der Waals surface area (Å²) in [5.41, 5.74) is 1.27. The molecule has 162 valence electrons. The van der Waals surface area contributed by atoms with Crippen LogP contribution in [0.15, 0.2) is 24.3 Å². The Labute approximate surface area is 194 Å². The Balaban J connectivity index is 1.58. The highest BCUT2D eigenvalue weighted by molar-refractivity contribution is 6.38. The molecule has 1 aromatic carbocycles. The summed E-state index contributed by atoms with van der Waals surface area (Å²) in [5, 5.41) is 12.3. The van der Waals surface area contributed by atoms with Gasteiger partial charge in [0.15, 0.2) is 16.1 Å². The average molecular weight is 481 g/mol. The van der Waals surface area contributed by atoms with Crippen LogP contribution in [-0.2, 0) is 6.54 Å². The maximum atomic E-state index is 13.1. The molecule has 0 saturated carbocycles. The van der Waals surface area contributed by atoms with E-state index in [0.717, 1.165) is 30.1 Å². The summed E-state index contributed by atoms with van der Waals surface area (Å²) in [7, 11) is 0. The van der Waals surface area contributed by atoms with Crippen molar-refractivity contribution in [1.29, 1.82) is 0 Å². The summed E-state index contributed by atoms with van der Waals surface area (Å²) in [5.74, 6) is 1.94. The molecule has 11 heteroatoms. The predicted molar refractivity (Wildman–Crippen MR) is 120 cm³/mol. The summed E-state index contributed by atoms with van der Waals surface area (Å²) in [6, 6.07) is 7.07. The molecular formula is C20H20Cl3N7O. The molecule has 2 amide bonds. The lowest BCUT2D eigenvalue weighted by Crippen LogP contribution is -2.36. The van der Waals surface area contributed by atoms with Crippen molar-refractivity contribution in [3.05, 3.63) is 62.6 Å². The predicted octanol–water partition coefficient (Wildman–Crippen LogP) is 5.06. The van der Waals surface area contributed by atoms with Crippen LogP contribution >= 0.6 is 34.8 Å². The van der Waals surface area contributed by atoms with Crippen LogP contribution in [0.2, 0.25) is 15.3 Å². The Morgan fingerprint density at radius 1 is 1.10 bits per heavy atom. The van der Waals surface area contributed by atoms with Crippen molar-refractivity contribution in [1.82, 2.24) is 29.6 Å². The maximum absolute atomic E-state index is 13.1. The maximum Gasteiger partial charge on any atom is 0.322 e. The van der Waals surface area contributed by atoms with Crippen molar-refractivity contribution in [2.24, 2.45) is 0 Å². The van der Waals surface area contributed by atoms with Crippen LogP contribution < -0.4 is 5.32 Å². The quantitative estimate of drug-likeness (QED) is 0.527. The zero-order valence-corrected chi connectivity index (χ0v) is 19.2. The highest BCUT2D eigenvalue weighted by atomic mass is 35.5. The van der Waals surface area contributed by atoms with E-state index in [1.54, 1.807) is 11.8 Å². The number of aromatic nitrogens is 5. The minimum Gasteiger partial charge on any atom is -0.314 e. The zero-order chi connectivity index (χ0) is 22.1. The molecule has 1 aliphatic heterocycles. The van der Waals surface area contributed by atoms with Gasteiger partial charge in [0.05, 0.1) is 12.6 Å². The Kier molecular flexibility index (Phi) is 6.31. The number of aryl methyl sites for hydroxylation is 2. The molecule has 0 radical (unpaired) electrons. The highest BCUT2D eigenvalue weighted by Gasteiger charge is 2.34. The van der Waals surface area contributed by atoms with Crippen LogP contribution in [0.1, 0.15) is 41.9 Å². The molecule has 3 heterocycles.